The Hall–Kier alpha value is -3.33. The number of thioether (sulfide) groups is 1. The average molecular weight is 454 g/mol. The summed E-state index contributed by atoms with van der Waals surface area (Å²) in [7, 11) is 3.45. The number of amides is 2. The Labute approximate surface area is 191 Å². The maximum absolute atomic E-state index is 12.6. The van der Waals surface area contributed by atoms with Crippen molar-refractivity contribution in [1.82, 2.24) is 20.1 Å². The molecule has 0 unspecified atom stereocenters. The van der Waals surface area contributed by atoms with Gasteiger partial charge in [-0.25, -0.2) is 0 Å². The number of hydrogen-bond acceptors (Lipinski definition) is 6. The van der Waals surface area contributed by atoms with Gasteiger partial charge in [-0.15, -0.1) is 10.2 Å². The van der Waals surface area contributed by atoms with Gasteiger partial charge in [-0.3, -0.25) is 9.59 Å². The van der Waals surface area contributed by atoms with Crippen molar-refractivity contribution in [1.29, 1.82) is 0 Å². The maximum Gasteiger partial charge on any atom is 0.251 e. The van der Waals surface area contributed by atoms with Crippen LogP contribution in [0.5, 0.6) is 5.75 Å². The van der Waals surface area contributed by atoms with E-state index in [0.29, 0.717) is 35.9 Å². The lowest BCUT2D eigenvalue weighted by atomic mass is 10.2. The first kappa shape index (κ1) is 23.3. The van der Waals surface area contributed by atoms with E-state index >= 15 is 0 Å². The predicted molar refractivity (Wildman–Crippen MR) is 125 cm³/mol. The van der Waals surface area contributed by atoms with Crippen molar-refractivity contribution in [2.45, 2.75) is 30.2 Å². The SMILES string of the molecule is CC[C@H](Sc1nnc(CCNC(=O)c2ccc(OC)cc2)n1C)C(=O)Nc1ccccc1. The molecule has 1 heterocycles. The van der Waals surface area contributed by atoms with Crippen molar-refractivity contribution in [2.24, 2.45) is 7.05 Å². The van der Waals surface area contributed by atoms with Crippen LogP contribution in [0.1, 0.15) is 29.5 Å². The number of aromatic nitrogens is 3. The Morgan fingerprint density at radius 2 is 1.81 bits per heavy atom. The summed E-state index contributed by atoms with van der Waals surface area (Å²) in [6, 6.07) is 16.3. The molecule has 32 heavy (non-hydrogen) atoms. The van der Waals surface area contributed by atoms with E-state index in [9.17, 15) is 9.59 Å². The second-order valence-electron chi connectivity index (χ2n) is 7.06. The van der Waals surface area contributed by atoms with E-state index in [2.05, 4.69) is 20.8 Å². The molecule has 9 heteroatoms. The van der Waals surface area contributed by atoms with Crippen LogP contribution >= 0.6 is 11.8 Å². The second-order valence-corrected chi connectivity index (χ2v) is 8.23. The molecule has 0 radical (unpaired) electrons. The first-order valence-corrected chi connectivity index (χ1v) is 11.2. The highest BCUT2D eigenvalue weighted by molar-refractivity contribution is 8.00. The summed E-state index contributed by atoms with van der Waals surface area (Å²) < 4.78 is 6.97. The third-order valence-corrected chi connectivity index (χ3v) is 6.26. The zero-order chi connectivity index (χ0) is 22.9. The highest BCUT2D eigenvalue weighted by Gasteiger charge is 2.21. The third kappa shape index (κ3) is 6.10. The van der Waals surface area contributed by atoms with Gasteiger partial charge in [-0.1, -0.05) is 36.9 Å². The van der Waals surface area contributed by atoms with Crippen LogP contribution in [0.15, 0.2) is 59.8 Å². The fraction of sp³-hybridized carbons (Fsp3) is 0.304. The molecule has 2 amide bonds. The number of hydrogen-bond donors (Lipinski definition) is 2. The molecule has 0 fully saturated rings. The summed E-state index contributed by atoms with van der Waals surface area (Å²) in [5.41, 5.74) is 1.33. The molecule has 2 N–H and O–H groups in total. The zero-order valence-electron chi connectivity index (χ0n) is 18.4. The van der Waals surface area contributed by atoms with Gasteiger partial charge in [-0.05, 0) is 42.8 Å². The summed E-state index contributed by atoms with van der Waals surface area (Å²) in [6.07, 6.45) is 1.18. The van der Waals surface area contributed by atoms with Crippen molar-refractivity contribution >= 4 is 29.3 Å². The van der Waals surface area contributed by atoms with E-state index < -0.39 is 0 Å². The number of rotatable bonds is 10. The number of methoxy groups -OCH3 is 1. The lowest BCUT2D eigenvalue weighted by Crippen LogP contribution is -2.26. The minimum atomic E-state index is -0.291. The number of benzene rings is 2. The molecule has 3 aromatic rings. The van der Waals surface area contributed by atoms with E-state index in [1.807, 2.05) is 48.9 Å². The number of carbonyl (C=O) groups excluding carboxylic acids is 2. The minimum absolute atomic E-state index is 0.0694. The number of nitrogens with zero attached hydrogens (tertiary/aromatic N) is 3. The Morgan fingerprint density at radius 1 is 1.09 bits per heavy atom. The van der Waals surface area contributed by atoms with Gasteiger partial charge in [0.05, 0.1) is 12.4 Å². The molecule has 0 aliphatic rings. The lowest BCUT2D eigenvalue weighted by Gasteiger charge is -2.14. The summed E-state index contributed by atoms with van der Waals surface area (Å²) >= 11 is 1.38. The standard InChI is InChI=1S/C23H27N5O3S/c1-4-19(22(30)25-17-8-6-5-7-9-17)32-23-27-26-20(28(23)2)14-15-24-21(29)16-10-12-18(31-3)13-11-16/h5-13,19H,4,14-15H2,1-3H3,(H,24,29)(H,25,30)/t19-/m0/s1. The van der Waals surface area contributed by atoms with Gasteiger partial charge in [0.25, 0.3) is 5.91 Å². The van der Waals surface area contributed by atoms with Crippen LogP contribution in [0, 0.1) is 0 Å². The van der Waals surface area contributed by atoms with Crippen molar-refractivity contribution in [2.75, 3.05) is 19.0 Å². The Kier molecular flexibility index (Phi) is 8.27. The van der Waals surface area contributed by atoms with Gasteiger partial charge in [0.1, 0.15) is 11.6 Å². The van der Waals surface area contributed by atoms with Gasteiger partial charge in [0.15, 0.2) is 5.16 Å². The third-order valence-electron chi connectivity index (χ3n) is 4.86. The van der Waals surface area contributed by atoms with Gasteiger partial charge >= 0.3 is 0 Å². The Morgan fingerprint density at radius 3 is 2.47 bits per heavy atom. The quantitative estimate of drug-likeness (QED) is 0.457. The predicted octanol–water partition coefficient (Wildman–Crippen LogP) is 3.31. The molecule has 0 saturated heterocycles. The fourth-order valence-electron chi connectivity index (χ4n) is 2.99. The summed E-state index contributed by atoms with van der Waals surface area (Å²) in [5, 5.41) is 14.7. The van der Waals surface area contributed by atoms with Crippen LogP contribution in [0.3, 0.4) is 0 Å². The molecule has 1 aromatic heterocycles. The number of anilines is 1. The fourth-order valence-corrected chi connectivity index (χ4v) is 3.93. The van der Waals surface area contributed by atoms with Crippen molar-refractivity contribution in [3.8, 4) is 5.75 Å². The Bertz CT molecular complexity index is 1040. The molecule has 0 bridgehead atoms. The van der Waals surface area contributed by atoms with Crippen LogP contribution in [0.4, 0.5) is 5.69 Å². The molecular formula is C23H27N5O3S. The zero-order valence-corrected chi connectivity index (χ0v) is 19.2. The van der Waals surface area contributed by atoms with Gasteiger partial charge in [0.2, 0.25) is 5.91 Å². The summed E-state index contributed by atoms with van der Waals surface area (Å²) in [6.45, 7) is 2.39. The van der Waals surface area contributed by atoms with Crippen LogP contribution < -0.4 is 15.4 Å². The largest absolute Gasteiger partial charge is 0.497 e. The van der Waals surface area contributed by atoms with Crippen LogP contribution in [-0.2, 0) is 18.3 Å². The van der Waals surface area contributed by atoms with E-state index in [4.69, 9.17) is 4.74 Å². The molecular weight excluding hydrogens is 426 g/mol. The van der Waals surface area contributed by atoms with Gasteiger partial charge in [-0.2, -0.15) is 0 Å². The smallest absolute Gasteiger partial charge is 0.251 e. The van der Waals surface area contributed by atoms with Crippen LogP contribution in [-0.4, -0.2) is 45.5 Å². The molecule has 168 valence electrons. The molecule has 0 saturated carbocycles. The first-order valence-electron chi connectivity index (χ1n) is 10.3. The van der Waals surface area contributed by atoms with E-state index in [1.165, 1.54) is 11.8 Å². The van der Waals surface area contributed by atoms with E-state index in [1.54, 1.807) is 31.4 Å². The topological polar surface area (TPSA) is 98.1 Å². The van der Waals surface area contributed by atoms with Crippen molar-refractivity contribution in [3.05, 3.63) is 66.0 Å². The van der Waals surface area contributed by atoms with Gasteiger partial charge < -0.3 is 19.9 Å². The highest BCUT2D eigenvalue weighted by Crippen LogP contribution is 2.25. The number of nitrogens with one attached hydrogen (secondary N) is 2. The molecule has 0 aliphatic heterocycles. The number of para-hydroxylation sites is 1. The van der Waals surface area contributed by atoms with Crippen molar-refractivity contribution in [3.63, 3.8) is 0 Å². The number of carbonyl (C=O) groups is 2. The molecule has 3 rings (SSSR count). The molecule has 0 aliphatic carbocycles. The minimum Gasteiger partial charge on any atom is -0.497 e. The van der Waals surface area contributed by atoms with Crippen LogP contribution in [0.2, 0.25) is 0 Å². The monoisotopic (exact) mass is 453 g/mol. The second kappa shape index (κ2) is 11.3. The van der Waals surface area contributed by atoms with Crippen LogP contribution in [0.25, 0.3) is 0 Å². The van der Waals surface area contributed by atoms with E-state index in [0.717, 1.165) is 11.5 Å². The highest BCUT2D eigenvalue weighted by atomic mass is 32.2. The summed E-state index contributed by atoms with van der Waals surface area (Å²) in [4.78, 5) is 24.9. The first-order chi connectivity index (χ1) is 15.5. The molecule has 8 nitrogen and oxygen atoms in total. The van der Waals surface area contributed by atoms with Crippen molar-refractivity contribution < 1.29 is 14.3 Å². The van der Waals surface area contributed by atoms with Gasteiger partial charge in [0, 0.05) is 31.3 Å². The van der Waals surface area contributed by atoms with E-state index in [-0.39, 0.29) is 17.1 Å². The molecule has 2 aromatic carbocycles. The average Bonchev–Trinajstić information content (AvgIpc) is 3.17. The lowest BCUT2D eigenvalue weighted by molar-refractivity contribution is -0.115. The molecule has 0 spiro atoms. The summed E-state index contributed by atoms with van der Waals surface area (Å²) in [5.74, 6) is 1.21. The Balaban J connectivity index is 1.53. The number of ether oxygens (including phenoxy) is 1. The maximum atomic E-state index is 12.6. The molecule has 1 atom stereocenters. The normalized spacial score (nSPS) is 11.6.